The van der Waals surface area contributed by atoms with Crippen molar-refractivity contribution in [2.45, 2.75) is 18.5 Å². The zero-order chi connectivity index (χ0) is 20.8. The zero-order valence-electron chi connectivity index (χ0n) is 15.3. The molecule has 1 unspecified atom stereocenters. The summed E-state index contributed by atoms with van der Waals surface area (Å²) >= 11 is 0. The number of imide groups is 1. The molecule has 2 aromatic carbocycles. The first-order valence-corrected chi connectivity index (χ1v) is 9.16. The molecule has 150 valence electrons. The van der Waals surface area contributed by atoms with Gasteiger partial charge in [-0.25, -0.2) is 0 Å². The molecule has 2 aliphatic rings. The number of rotatable bonds is 2. The molecular formula is C21H17F3N2O3. The molecule has 0 saturated carbocycles. The van der Waals surface area contributed by atoms with E-state index < -0.39 is 29.8 Å². The number of fused-ring (bicyclic) bond motifs is 2. The zero-order valence-corrected chi connectivity index (χ0v) is 15.3. The van der Waals surface area contributed by atoms with E-state index in [1.54, 1.807) is 48.5 Å². The highest BCUT2D eigenvalue weighted by Gasteiger charge is 2.44. The van der Waals surface area contributed by atoms with Crippen molar-refractivity contribution in [1.82, 2.24) is 9.80 Å². The number of carbonyl (C=O) groups is 3. The largest absolute Gasteiger partial charge is 0.471 e. The van der Waals surface area contributed by atoms with E-state index in [1.165, 1.54) is 0 Å². The second-order valence-electron chi connectivity index (χ2n) is 7.16. The summed E-state index contributed by atoms with van der Waals surface area (Å²) in [6.07, 6.45) is -4.70. The Morgan fingerprint density at radius 1 is 0.966 bits per heavy atom. The standard InChI is InChI=1S/C21H17F3N2O3/c22-21(23,24)20(29)25-10-9-13-5-1-2-6-15(13)14(11-25)12-26-18(27)16-7-3-4-8-17(16)19(26)28/h1-8,14H,9-12H2. The summed E-state index contributed by atoms with van der Waals surface area (Å²) in [5.41, 5.74) is 2.12. The Bertz CT molecular complexity index is 968. The van der Waals surface area contributed by atoms with Gasteiger partial charge in [0.15, 0.2) is 0 Å². The molecule has 0 saturated heterocycles. The van der Waals surface area contributed by atoms with Gasteiger partial charge in [0.2, 0.25) is 0 Å². The van der Waals surface area contributed by atoms with E-state index in [-0.39, 0.29) is 37.2 Å². The average molecular weight is 402 g/mol. The van der Waals surface area contributed by atoms with Crippen LogP contribution in [-0.4, -0.2) is 53.3 Å². The van der Waals surface area contributed by atoms with Crippen molar-refractivity contribution in [3.63, 3.8) is 0 Å². The van der Waals surface area contributed by atoms with Crippen molar-refractivity contribution in [3.05, 3.63) is 70.8 Å². The van der Waals surface area contributed by atoms with E-state index in [0.717, 1.165) is 20.9 Å². The van der Waals surface area contributed by atoms with Crippen LogP contribution in [0.2, 0.25) is 0 Å². The fourth-order valence-electron chi connectivity index (χ4n) is 4.02. The minimum Gasteiger partial charge on any atom is -0.334 e. The lowest BCUT2D eigenvalue weighted by Crippen LogP contribution is -2.45. The van der Waals surface area contributed by atoms with Gasteiger partial charge in [-0.3, -0.25) is 19.3 Å². The number of hydrogen-bond acceptors (Lipinski definition) is 3. The van der Waals surface area contributed by atoms with Crippen LogP contribution in [0.3, 0.4) is 0 Å². The maximum atomic E-state index is 13.0. The number of halogens is 3. The van der Waals surface area contributed by atoms with Crippen LogP contribution < -0.4 is 0 Å². The molecule has 0 spiro atoms. The highest BCUT2D eigenvalue weighted by molar-refractivity contribution is 6.21. The lowest BCUT2D eigenvalue weighted by Gasteiger charge is -2.28. The lowest BCUT2D eigenvalue weighted by molar-refractivity contribution is -0.185. The Hall–Kier alpha value is -3.16. The molecule has 2 heterocycles. The first kappa shape index (κ1) is 19.2. The molecular weight excluding hydrogens is 385 g/mol. The Morgan fingerprint density at radius 2 is 1.55 bits per heavy atom. The number of carbonyl (C=O) groups excluding carboxylic acids is 3. The van der Waals surface area contributed by atoms with E-state index in [4.69, 9.17) is 0 Å². The van der Waals surface area contributed by atoms with Crippen molar-refractivity contribution in [2.75, 3.05) is 19.6 Å². The number of benzene rings is 2. The van der Waals surface area contributed by atoms with E-state index >= 15 is 0 Å². The average Bonchev–Trinajstić information content (AvgIpc) is 2.84. The Kier molecular flexibility index (Phi) is 4.64. The van der Waals surface area contributed by atoms with Crippen LogP contribution in [0.4, 0.5) is 13.2 Å². The normalized spacial score (nSPS) is 19.1. The molecule has 0 radical (unpaired) electrons. The second-order valence-corrected chi connectivity index (χ2v) is 7.16. The van der Waals surface area contributed by atoms with Gasteiger partial charge in [-0.05, 0) is 29.7 Å². The molecule has 0 fully saturated rings. The van der Waals surface area contributed by atoms with Crippen LogP contribution in [0.25, 0.3) is 0 Å². The minimum absolute atomic E-state index is 0.0754. The summed E-state index contributed by atoms with van der Waals surface area (Å²) in [4.78, 5) is 39.1. The molecule has 2 aromatic rings. The van der Waals surface area contributed by atoms with Gasteiger partial charge >= 0.3 is 12.1 Å². The van der Waals surface area contributed by atoms with Gasteiger partial charge in [0.25, 0.3) is 11.8 Å². The predicted octanol–water partition coefficient (Wildman–Crippen LogP) is 3.01. The molecule has 3 amide bonds. The van der Waals surface area contributed by atoms with Crippen molar-refractivity contribution in [1.29, 1.82) is 0 Å². The smallest absolute Gasteiger partial charge is 0.334 e. The van der Waals surface area contributed by atoms with Crippen molar-refractivity contribution < 1.29 is 27.6 Å². The quantitative estimate of drug-likeness (QED) is 0.726. The van der Waals surface area contributed by atoms with E-state index in [1.807, 2.05) is 0 Å². The second kappa shape index (κ2) is 7.02. The van der Waals surface area contributed by atoms with Crippen LogP contribution in [0.15, 0.2) is 48.5 Å². The summed E-state index contributed by atoms with van der Waals surface area (Å²) in [5.74, 6) is -3.46. The number of alkyl halides is 3. The molecule has 4 rings (SSSR count). The van der Waals surface area contributed by atoms with Gasteiger partial charge in [0.05, 0.1) is 11.1 Å². The number of hydrogen-bond donors (Lipinski definition) is 0. The van der Waals surface area contributed by atoms with Gasteiger partial charge in [-0.2, -0.15) is 13.2 Å². The van der Waals surface area contributed by atoms with Gasteiger partial charge in [-0.1, -0.05) is 36.4 Å². The maximum Gasteiger partial charge on any atom is 0.471 e. The minimum atomic E-state index is -4.98. The third kappa shape index (κ3) is 3.39. The topological polar surface area (TPSA) is 57.7 Å². The van der Waals surface area contributed by atoms with Crippen LogP contribution >= 0.6 is 0 Å². The first-order chi connectivity index (χ1) is 13.8. The summed E-state index contributed by atoms with van der Waals surface area (Å²) in [7, 11) is 0. The summed E-state index contributed by atoms with van der Waals surface area (Å²) in [6.45, 7) is -0.387. The Balaban J connectivity index is 1.66. The summed E-state index contributed by atoms with van der Waals surface area (Å²) in [6, 6.07) is 13.5. The summed E-state index contributed by atoms with van der Waals surface area (Å²) < 4.78 is 39.1. The summed E-state index contributed by atoms with van der Waals surface area (Å²) in [5, 5.41) is 0. The SMILES string of the molecule is O=C1c2ccccc2C(=O)N1CC1CN(C(=O)C(F)(F)F)CCc2ccccc21. The Morgan fingerprint density at radius 3 is 2.17 bits per heavy atom. The van der Waals surface area contributed by atoms with Crippen molar-refractivity contribution in [3.8, 4) is 0 Å². The molecule has 0 N–H and O–H groups in total. The van der Waals surface area contributed by atoms with Crippen molar-refractivity contribution in [2.24, 2.45) is 0 Å². The first-order valence-electron chi connectivity index (χ1n) is 9.16. The fourth-order valence-corrected chi connectivity index (χ4v) is 4.02. The van der Waals surface area contributed by atoms with E-state index in [0.29, 0.717) is 0 Å². The van der Waals surface area contributed by atoms with Crippen LogP contribution in [0, 0.1) is 0 Å². The number of amides is 3. The van der Waals surface area contributed by atoms with Gasteiger partial charge in [-0.15, -0.1) is 0 Å². The molecule has 8 heteroatoms. The predicted molar refractivity (Wildman–Crippen MR) is 97.3 cm³/mol. The van der Waals surface area contributed by atoms with E-state index in [9.17, 15) is 27.6 Å². The van der Waals surface area contributed by atoms with Crippen LogP contribution in [-0.2, 0) is 11.2 Å². The lowest BCUT2D eigenvalue weighted by atomic mass is 9.93. The fraction of sp³-hybridized carbons (Fsp3) is 0.286. The van der Waals surface area contributed by atoms with Gasteiger partial charge < -0.3 is 4.90 Å². The number of nitrogens with zero attached hydrogens (tertiary/aromatic N) is 2. The van der Waals surface area contributed by atoms with Crippen LogP contribution in [0.1, 0.15) is 37.8 Å². The third-order valence-corrected chi connectivity index (χ3v) is 5.40. The maximum absolute atomic E-state index is 13.0. The molecule has 0 aromatic heterocycles. The van der Waals surface area contributed by atoms with Gasteiger partial charge in [0, 0.05) is 25.6 Å². The highest BCUT2D eigenvalue weighted by Crippen LogP contribution is 2.31. The molecule has 0 bridgehead atoms. The Labute approximate surface area is 164 Å². The molecule has 0 aliphatic carbocycles. The van der Waals surface area contributed by atoms with Gasteiger partial charge in [0.1, 0.15) is 0 Å². The third-order valence-electron chi connectivity index (χ3n) is 5.40. The van der Waals surface area contributed by atoms with Crippen molar-refractivity contribution >= 4 is 17.7 Å². The monoisotopic (exact) mass is 402 g/mol. The van der Waals surface area contributed by atoms with E-state index in [2.05, 4.69) is 0 Å². The molecule has 5 nitrogen and oxygen atoms in total. The highest BCUT2D eigenvalue weighted by atomic mass is 19.4. The molecule has 2 aliphatic heterocycles. The van der Waals surface area contributed by atoms with Crippen LogP contribution in [0.5, 0.6) is 0 Å². The molecule has 1 atom stereocenters. The molecule has 29 heavy (non-hydrogen) atoms.